The van der Waals surface area contributed by atoms with E-state index in [0.29, 0.717) is 21.5 Å². The Morgan fingerprint density at radius 2 is 2.19 bits per heavy atom. The minimum Gasteiger partial charge on any atom is -0.359 e. The molecule has 2 N–H and O–H groups in total. The molecule has 1 aromatic heterocycles. The number of pyridine rings is 1. The van der Waals surface area contributed by atoms with Gasteiger partial charge in [0.05, 0.1) is 6.54 Å². The molecule has 0 aliphatic heterocycles. The van der Waals surface area contributed by atoms with Crippen molar-refractivity contribution in [1.82, 2.24) is 10.3 Å². The number of thiocarbonyl (C=S) groups is 1. The fourth-order valence-corrected chi connectivity index (χ4v) is 2.23. The zero-order chi connectivity index (χ0) is 15.2. The van der Waals surface area contributed by atoms with Crippen molar-refractivity contribution in [3.8, 4) is 0 Å². The van der Waals surface area contributed by atoms with E-state index in [2.05, 4.69) is 31.5 Å². The van der Waals surface area contributed by atoms with E-state index in [1.807, 2.05) is 6.07 Å². The summed E-state index contributed by atoms with van der Waals surface area (Å²) in [6.45, 7) is 0.0582. The predicted octanol–water partition coefficient (Wildman–Crippen LogP) is 4.49. The zero-order valence-electron chi connectivity index (χ0n) is 10.8. The third kappa shape index (κ3) is 5.22. The van der Waals surface area contributed by atoms with E-state index in [9.17, 15) is 4.39 Å². The maximum absolute atomic E-state index is 14.0. The van der Waals surface area contributed by atoms with Crippen molar-refractivity contribution in [2.75, 3.05) is 11.9 Å². The Hall–Kier alpha value is -1.24. The number of benzene rings is 1. The molecule has 0 fully saturated rings. The van der Waals surface area contributed by atoms with Crippen LogP contribution in [0.25, 0.3) is 0 Å². The number of aromatic nitrogens is 1. The van der Waals surface area contributed by atoms with Gasteiger partial charge in [0, 0.05) is 15.7 Å². The quantitative estimate of drug-likeness (QED) is 0.757. The number of rotatable bonds is 4. The lowest BCUT2D eigenvalue weighted by atomic mass is 10.1. The number of hydrogen-bond acceptors (Lipinski definition) is 2. The van der Waals surface area contributed by atoms with Gasteiger partial charge in [0.15, 0.2) is 5.11 Å². The van der Waals surface area contributed by atoms with E-state index >= 15 is 0 Å². The smallest absolute Gasteiger partial charge is 0.172 e. The van der Waals surface area contributed by atoms with Crippen LogP contribution in [0, 0.1) is 0 Å². The van der Waals surface area contributed by atoms with Gasteiger partial charge in [0.25, 0.3) is 0 Å². The minimum atomic E-state index is -1.19. The van der Waals surface area contributed by atoms with Gasteiger partial charge >= 0.3 is 0 Å². The Kier molecular flexibility index (Phi) is 5.90. The van der Waals surface area contributed by atoms with E-state index in [1.54, 1.807) is 36.5 Å². The first-order chi connectivity index (χ1) is 10.0. The van der Waals surface area contributed by atoms with Gasteiger partial charge in [-0.15, -0.1) is 0 Å². The van der Waals surface area contributed by atoms with E-state index in [0.717, 1.165) is 4.47 Å². The van der Waals surface area contributed by atoms with E-state index < -0.39 is 6.17 Å². The van der Waals surface area contributed by atoms with Crippen LogP contribution < -0.4 is 10.6 Å². The van der Waals surface area contributed by atoms with Crippen molar-refractivity contribution in [2.24, 2.45) is 0 Å². The van der Waals surface area contributed by atoms with Crippen LogP contribution in [0.1, 0.15) is 11.7 Å². The standard InChI is InChI=1S/C14H12BrClFN3S/c15-10-4-5-13(18-7-10)20-14(21)19-8-12(17)9-2-1-3-11(16)6-9/h1-7,12H,8H2,(H2,18,19,20,21). The molecule has 2 rings (SSSR count). The monoisotopic (exact) mass is 387 g/mol. The van der Waals surface area contributed by atoms with Crippen molar-refractivity contribution in [1.29, 1.82) is 0 Å². The van der Waals surface area contributed by atoms with E-state index in [1.165, 1.54) is 0 Å². The molecule has 21 heavy (non-hydrogen) atoms. The van der Waals surface area contributed by atoms with Crippen molar-refractivity contribution < 1.29 is 4.39 Å². The van der Waals surface area contributed by atoms with Crippen molar-refractivity contribution >= 4 is 50.7 Å². The third-order valence-corrected chi connectivity index (χ3v) is 3.57. The fraction of sp³-hybridized carbons (Fsp3) is 0.143. The number of alkyl halides is 1. The lowest BCUT2D eigenvalue weighted by molar-refractivity contribution is 0.343. The number of nitrogens with zero attached hydrogens (tertiary/aromatic N) is 1. The van der Waals surface area contributed by atoms with Crippen LogP contribution in [0.4, 0.5) is 10.2 Å². The average molecular weight is 389 g/mol. The van der Waals surface area contributed by atoms with Crippen LogP contribution in [-0.2, 0) is 0 Å². The molecule has 0 saturated carbocycles. The van der Waals surface area contributed by atoms with Crippen LogP contribution in [0.2, 0.25) is 5.02 Å². The number of hydrogen-bond donors (Lipinski definition) is 2. The molecule has 1 atom stereocenters. The minimum absolute atomic E-state index is 0.0582. The van der Waals surface area contributed by atoms with Crippen LogP contribution in [0.15, 0.2) is 47.1 Å². The summed E-state index contributed by atoms with van der Waals surface area (Å²) < 4.78 is 14.9. The highest BCUT2D eigenvalue weighted by molar-refractivity contribution is 9.10. The molecule has 3 nitrogen and oxygen atoms in total. The molecule has 0 aliphatic carbocycles. The molecule has 2 aromatic rings. The molecule has 110 valence electrons. The molecular formula is C14H12BrClFN3S. The molecule has 7 heteroatoms. The van der Waals surface area contributed by atoms with Gasteiger partial charge in [-0.1, -0.05) is 23.7 Å². The van der Waals surface area contributed by atoms with Gasteiger partial charge < -0.3 is 10.6 Å². The Morgan fingerprint density at radius 3 is 2.86 bits per heavy atom. The number of anilines is 1. The first-order valence-corrected chi connectivity index (χ1v) is 7.68. The summed E-state index contributed by atoms with van der Waals surface area (Å²) in [5.74, 6) is 0.592. The molecule has 1 unspecified atom stereocenters. The molecule has 0 spiro atoms. The van der Waals surface area contributed by atoms with Crippen LogP contribution in [0.5, 0.6) is 0 Å². The average Bonchev–Trinajstić information content (AvgIpc) is 2.47. The number of halogens is 3. The summed E-state index contributed by atoms with van der Waals surface area (Å²) in [5, 5.41) is 6.52. The van der Waals surface area contributed by atoms with Crippen LogP contribution >= 0.6 is 39.7 Å². The van der Waals surface area contributed by atoms with Gasteiger partial charge in [-0.25, -0.2) is 9.37 Å². The summed E-state index contributed by atoms with van der Waals surface area (Å²) in [4.78, 5) is 4.12. The molecule has 0 radical (unpaired) electrons. The summed E-state index contributed by atoms with van der Waals surface area (Å²) in [6.07, 6.45) is 0.454. The molecule has 0 aliphatic rings. The summed E-state index contributed by atoms with van der Waals surface area (Å²) in [7, 11) is 0. The van der Waals surface area contributed by atoms with Crippen molar-refractivity contribution in [3.05, 3.63) is 57.7 Å². The van der Waals surface area contributed by atoms with Gasteiger partial charge in [-0.2, -0.15) is 0 Å². The van der Waals surface area contributed by atoms with Gasteiger partial charge in [0.2, 0.25) is 0 Å². The second-order valence-corrected chi connectivity index (χ2v) is 5.98. The third-order valence-electron chi connectivity index (χ3n) is 2.62. The van der Waals surface area contributed by atoms with Crippen LogP contribution in [-0.4, -0.2) is 16.6 Å². The normalized spacial score (nSPS) is 11.8. The lowest BCUT2D eigenvalue weighted by Crippen LogP contribution is -2.31. The van der Waals surface area contributed by atoms with Gasteiger partial charge in [-0.05, 0) is 58.0 Å². The number of nitrogens with one attached hydrogen (secondary N) is 2. The second-order valence-electron chi connectivity index (χ2n) is 4.22. The van der Waals surface area contributed by atoms with Crippen LogP contribution in [0.3, 0.4) is 0 Å². The van der Waals surface area contributed by atoms with Gasteiger partial charge in [-0.3, -0.25) is 0 Å². The molecule has 1 aromatic carbocycles. The van der Waals surface area contributed by atoms with E-state index in [4.69, 9.17) is 23.8 Å². The topological polar surface area (TPSA) is 37.0 Å². The maximum Gasteiger partial charge on any atom is 0.172 e. The Morgan fingerprint density at radius 1 is 1.38 bits per heavy atom. The highest BCUT2D eigenvalue weighted by Crippen LogP contribution is 2.20. The predicted molar refractivity (Wildman–Crippen MR) is 91.5 cm³/mol. The molecule has 0 amide bonds. The lowest BCUT2D eigenvalue weighted by Gasteiger charge is -2.13. The summed E-state index contributed by atoms with van der Waals surface area (Å²) >= 11 is 14.2. The fourth-order valence-electron chi connectivity index (χ4n) is 1.61. The van der Waals surface area contributed by atoms with Gasteiger partial charge in [0.1, 0.15) is 12.0 Å². The second kappa shape index (κ2) is 7.68. The van der Waals surface area contributed by atoms with Crippen molar-refractivity contribution in [3.63, 3.8) is 0 Å². The van der Waals surface area contributed by atoms with Crippen molar-refractivity contribution in [2.45, 2.75) is 6.17 Å². The zero-order valence-corrected chi connectivity index (χ0v) is 14.0. The molecular weight excluding hydrogens is 377 g/mol. The molecule has 0 bridgehead atoms. The molecule has 1 heterocycles. The highest BCUT2D eigenvalue weighted by Gasteiger charge is 2.10. The summed E-state index contributed by atoms with van der Waals surface area (Å²) in [6, 6.07) is 10.3. The Labute approximate surface area is 141 Å². The first-order valence-electron chi connectivity index (χ1n) is 6.10. The Bertz CT molecular complexity index is 624. The molecule has 0 saturated heterocycles. The highest BCUT2D eigenvalue weighted by atomic mass is 79.9. The summed E-state index contributed by atoms with van der Waals surface area (Å²) in [5.41, 5.74) is 0.513. The Balaban J connectivity index is 1.84. The van der Waals surface area contributed by atoms with E-state index in [-0.39, 0.29) is 6.54 Å². The first kappa shape index (κ1) is 16.1. The largest absolute Gasteiger partial charge is 0.359 e. The maximum atomic E-state index is 14.0. The SMILES string of the molecule is FC(CNC(=S)Nc1ccc(Br)cn1)c1cccc(Cl)c1.